The monoisotopic (exact) mass is 253 g/mol. The lowest BCUT2D eigenvalue weighted by Gasteiger charge is -2.06. The molecule has 1 heterocycles. The Labute approximate surface area is 112 Å². The van der Waals surface area contributed by atoms with Crippen LogP contribution in [0.2, 0.25) is 0 Å². The van der Waals surface area contributed by atoms with Gasteiger partial charge in [0.05, 0.1) is 18.2 Å². The summed E-state index contributed by atoms with van der Waals surface area (Å²) in [5.74, 6) is 0.542. The Bertz CT molecular complexity index is 629. The first kappa shape index (κ1) is 12.8. The molecule has 0 amide bonds. The van der Waals surface area contributed by atoms with Crippen LogP contribution in [0.25, 0.3) is 5.69 Å². The van der Waals surface area contributed by atoms with Gasteiger partial charge in [-0.05, 0) is 19.1 Å². The number of nitriles is 1. The largest absolute Gasteiger partial charge is 0.369 e. The van der Waals surface area contributed by atoms with E-state index < -0.39 is 0 Å². The van der Waals surface area contributed by atoms with Gasteiger partial charge in [0.2, 0.25) is 0 Å². The lowest BCUT2D eigenvalue weighted by atomic mass is 10.2. The Hall–Kier alpha value is -2.61. The first-order valence-electron chi connectivity index (χ1n) is 5.87. The van der Waals surface area contributed by atoms with Gasteiger partial charge in [-0.2, -0.15) is 10.4 Å². The van der Waals surface area contributed by atoms with E-state index >= 15 is 0 Å². The fourth-order valence-electron chi connectivity index (χ4n) is 1.59. The average Bonchev–Trinajstić information content (AvgIpc) is 2.80. The molecular weight excluding hydrogens is 238 g/mol. The van der Waals surface area contributed by atoms with Crippen LogP contribution in [0.5, 0.6) is 0 Å². The maximum absolute atomic E-state index is 9.10. The molecule has 0 aliphatic carbocycles. The summed E-state index contributed by atoms with van der Waals surface area (Å²) in [6, 6.07) is 10.0. The number of rotatable bonds is 3. The third kappa shape index (κ3) is 2.80. The zero-order valence-electron chi connectivity index (χ0n) is 11.2. The first-order chi connectivity index (χ1) is 9.11. The van der Waals surface area contributed by atoms with Gasteiger partial charge in [0.25, 0.3) is 0 Å². The lowest BCUT2D eigenvalue weighted by molar-refractivity contribution is 0.642. The van der Waals surface area contributed by atoms with Crippen molar-refractivity contribution in [3.05, 3.63) is 41.6 Å². The second-order valence-electron chi connectivity index (χ2n) is 4.45. The third-order valence-electron chi connectivity index (χ3n) is 2.55. The van der Waals surface area contributed by atoms with Crippen LogP contribution < -0.4 is 0 Å². The van der Waals surface area contributed by atoms with Gasteiger partial charge in [-0.3, -0.25) is 0 Å². The van der Waals surface area contributed by atoms with Crippen molar-refractivity contribution >= 4 is 12.2 Å². The molecule has 0 fully saturated rings. The Balaban J connectivity index is 2.49. The highest BCUT2D eigenvalue weighted by Crippen LogP contribution is 2.22. The quantitative estimate of drug-likeness (QED) is 0.623. The molecule has 5 nitrogen and oxygen atoms in total. The molecule has 0 saturated carbocycles. The van der Waals surface area contributed by atoms with Crippen LogP contribution in [-0.4, -0.2) is 35.1 Å². The van der Waals surface area contributed by atoms with E-state index in [1.54, 1.807) is 11.0 Å². The molecule has 1 aromatic carbocycles. The van der Waals surface area contributed by atoms with Crippen molar-refractivity contribution in [3.63, 3.8) is 0 Å². The van der Waals surface area contributed by atoms with Crippen molar-refractivity contribution in [2.75, 3.05) is 14.1 Å². The van der Waals surface area contributed by atoms with Crippen molar-refractivity contribution in [2.45, 2.75) is 6.92 Å². The zero-order valence-corrected chi connectivity index (χ0v) is 11.2. The summed E-state index contributed by atoms with van der Waals surface area (Å²) < 4.78 is 1.66. The fourth-order valence-corrected chi connectivity index (χ4v) is 1.59. The summed E-state index contributed by atoms with van der Waals surface area (Å²) in [6.45, 7) is 2.03. The topological polar surface area (TPSA) is 57.2 Å². The maximum Gasteiger partial charge on any atom is 0.175 e. The minimum atomic E-state index is 0.457. The highest BCUT2D eigenvalue weighted by atomic mass is 15.3. The van der Waals surface area contributed by atoms with E-state index in [0.717, 1.165) is 5.69 Å². The number of hydrogen-bond donors (Lipinski definition) is 0. The number of aromatic nitrogens is 2. The molecule has 0 aliphatic rings. The normalized spacial score (nSPS) is 10.6. The molecule has 1 aromatic heterocycles. The van der Waals surface area contributed by atoms with Crippen LogP contribution in [0.4, 0.5) is 5.82 Å². The number of nitrogens with zero attached hydrogens (tertiary/aromatic N) is 5. The summed E-state index contributed by atoms with van der Waals surface area (Å²) >= 11 is 0. The molecule has 0 N–H and O–H groups in total. The van der Waals surface area contributed by atoms with Gasteiger partial charge in [0.1, 0.15) is 11.6 Å². The summed E-state index contributed by atoms with van der Waals surface area (Å²) in [6.07, 6.45) is 3.19. The van der Waals surface area contributed by atoms with E-state index in [2.05, 4.69) is 16.2 Å². The minimum absolute atomic E-state index is 0.457. The summed E-state index contributed by atoms with van der Waals surface area (Å²) in [5, 5.41) is 13.3. The van der Waals surface area contributed by atoms with Gasteiger partial charge in [0.15, 0.2) is 5.82 Å². The Morgan fingerprint density at radius 2 is 2.00 bits per heavy atom. The van der Waals surface area contributed by atoms with E-state index in [-0.39, 0.29) is 0 Å². The average molecular weight is 253 g/mol. The van der Waals surface area contributed by atoms with Gasteiger partial charge in [-0.1, -0.05) is 17.7 Å². The molecule has 2 aromatic rings. The standard InChI is InChI=1S/C14H15N5/c1-11-4-6-13(7-5-11)19-14(16-10-18(2)3)12(8-15)9-17-19/h4-7,9-10H,1-3H3. The molecule has 19 heavy (non-hydrogen) atoms. The van der Waals surface area contributed by atoms with Gasteiger partial charge in [-0.25, -0.2) is 9.67 Å². The molecule has 0 unspecified atom stereocenters. The van der Waals surface area contributed by atoms with Gasteiger partial charge < -0.3 is 4.90 Å². The number of hydrogen-bond acceptors (Lipinski definition) is 3. The number of aryl methyl sites for hydroxylation is 1. The number of benzene rings is 1. The van der Waals surface area contributed by atoms with Crippen molar-refractivity contribution in [1.29, 1.82) is 5.26 Å². The number of aliphatic imine (C=N–C) groups is 1. The van der Waals surface area contributed by atoms with Crippen LogP contribution in [0.1, 0.15) is 11.1 Å². The van der Waals surface area contributed by atoms with Crippen LogP contribution in [-0.2, 0) is 0 Å². The molecule has 0 bridgehead atoms. The minimum Gasteiger partial charge on any atom is -0.369 e. The molecule has 5 heteroatoms. The van der Waals surface area contributed by atoms with Crippen LogP contribution in [0, 0.1) is 18.3 Å². The van der Waals surface area contributed by atoms with E-state index in [1.807, 2.05) is 50.2 Å². The van der Waals surface area contributed by atoms with Crippen LogP contribution in [0.3, 0.4) is 0 Å². The molecule has 0 spiro atoms. The molecule has 0 atom stereocenters. The van der Waals surface area contributed by atoms with Crippen LogP contribution >= 0.6 is 0 Å². The van der Waals surface area contributed by atoms with Crippen molar-refractivity contribution in [3.8, 4) is 11.8 Å². The SMILES string of the molecule is Cc1ccc(-n2ncc(C#N)c2N=CN(C)C)cc1. The molecule has 0 aliphatic heterocycles. The Kier molecular flexibility index (Phi) is 3.62. The molecule has 96 valence electrons. The summed E-state index contributed by atoms with van der Waals surface area (Å²) in [7, 11) is 3.75. The lowest BCUT2D eigenvalue weighted by Crippen LogP contribution is -2.07. The van der Waals surface area contributed by atoms with E-state index in [9.17, 15) is 0 Å². The van der Waals surface area contributed by atoms with E-state index in [0.29, 0.717) is 11.4 Å². The summed E-state index contributed by atoms with van der Waals surface area (Å²) in [5.41, 5.74) is 2.52. The van der Waals surface area contributed by atoms with Crippen molar-refractivity contribution < 1.29 is 0 Å². The predicted molar refractivity (Wildman–Crippen MR) is 74.9 cm³/mol. The molecule has 0 radical (unpaired) electrons. The fraction of sp³-hybridized carbons (Fsp3) is 0.214. The Morgan fingerprint density at radius 1 is 1.32 bits per heavy atom. The van der Waals surface area contributed by atoms with Gasteiger partial charge >= 0.3 is 0 Å². The van der Waals surface area contributed by atoms with Crippen molar-refractivity contribution in [2.24, 2.45) is 4.99 Å². The predicted octanol–water partition coefficient (Wildman–Crippen LogP) is 2.27. The second-order valence-corrected chi connectivity index (χ2v) is 4.45. The molecular formula is C14H15N5. The maximum atomic E-state index is 9.10. The van der Waals surface area contributed by atoms with E-state index in [1.165, 1.54) is 11.8 Å². The Morgan fingerprint density at radius 3 is 2.58 bits per heavy atom. The highest BCUT2D eigenvalue weighted by Gasteiger charge is 2.10. The highest BCUT2D eigenvalue weighted by molar-refractivity contribution is 5.63. The second kappa shape index (κ2) is 5.36. The van der Waals surface area contributed by atoms with Crippen molar-refractivity contribution in [1.82, 2.24) is 14.7 Å². The molecule has 0 saturated heterocycles. The van der Waals surface area contributed by atoms with Gasteiger partial charge in [-0.15, -0.1) is 0 Å². The first-order valence-corrected chi connectivity index (χ1v) is 5.87. The van der Waals surface area contributed by atoms with E-state index in [4.69, 9.17) is 5.26 Å². The molecule has 2 rings (SSSR count). The third-order valence-corrected chi connectivity index (χ3v) is 2.55. The van der Waals surface area contributed by atoms with Gasteiger partial charge in [0, 0.05) is 14.1 Å². The zero-order chi connectivity index (χ0) is 13.8. The smallest absolute Gasteiger partial charge is 0.175 e. The van der Waals surface area contributed by atoms with Crippen LogP contribution in [0.15, 0.2) is 35.5 Å². The summed E-state index contributed by atoms with van der Waals surface area (Å²) in [4.78, 5) is 6.13.